The fraction of sp³-hybridized carbons (Fsp3) is 0.316. The number of fused-ring (bicyclic) bond motifs is 4. The summed E-state index contributed by atoms with van der Waals surface area (Å²) in [6.07, 6.45) is 4.07. The molecular formula is C19H18O3. The van der Waals surface area contributed by atoms with E-state index in [1.54, 1.807) is 6.07 Å². The Bertz CT molecular complexity index is 772. The smallest absolute Gasteiger partial charge is 0.337 e. The fourth-order valence-corrected chi connectivity index (χ4v) is 3.82. The summed E-state index contributed by atoms with van der Waals surface area (Å²) in [7, 11) is 1.42. The Morgan fingerprint density at radius 2 is 1.82 bits per heavy atom. The number of ether oxygens (including phenoxy) is 1. The van der Waals surface area contributed by atoms with Gasteiger partial charge in [-0.15, -0.1) is 0 Å². The van der Waals surface area contributed by atoms with Gasteiger partial charge in [0.1, 0.15) is 5.75 Å². The van der Waals surface area contributed by atoms with Crippen LogP contribution in [0.4, 0.5) is 0 Å². The number of phenols is 1. The molecule has 0 heterocycles. The third kappa shape index (κ3) is 1.85. The second kappa shape index (κ2) is 4.60. The lowest BCUT2D eigenvalue weighted by Gasteiger charge is -2.20. The molecule has 0 aromatic heterocycles. The van der Waals surface area contributed by atoms with E-state index in [4.69, 9.17) is 4.74 Å². The molecule has 2 aromatic rings. The quantitative estimate of drug-likeness (QED) is 0.820. The number of methoxy groups -OCH3 is 1. The first-order chi connectivity index (χ1) is 10.6. The predicted octanol–water partition coefficient (Wildman–Crippen LogP) is 3.36. The van der Waals surface area contributed by atoms with Crippen molar-refractivity contribution in [2.24, 2.45) is 0 Å². The van der Waals surface area contributed by atoms with E-state index in [1.807, 2.05) is 18.2 Å². The minimum Gasteiger partial charge on any atom is -0.508 e. The number of hydrogen-bond donors (Lipinski definition) is 1. The van der Waals surface area contributed by atoms with Crippen LogP contribution in [0.1, 0.15) is 45.5 Å². The molecule has 112 valence electrons. The van der Waals surface area contributed by atoms with Crippen LogP contribution in [0, 0.1) is 0 Å². The van der Waals surface area contributed by atoms with E-state index < -0.39 is 0 Å². The maximum Gasteiger partial charge on any atom is 0.337 e. The van der Waals surface area contributed by atoms with E-state index >= 15 is 0 Å². The summed E-state index contributed by atoms with van der Waals surface area (Å²) < 4.78 is 4.86. The van der Waals surface area contributed by atoms with E-state index in [0.29, 0.717) is 11.3 Å². The maximum atomic E-state index is 11.9. The largest absolute Gasteiger partial charge is 0.508 e. The highest BCUT2D eigenvalue weighted by atomic mass is 16.5. The second-order valence-corrected chi connectivity index (χ2v) is 6.29. The Hall–Kier alpha value is -2.29. The fourth-order valence-electron chi connectivity index (χ4n) is 3.82. The number of aromatic hydroxyl groups is 1. The molecule has 1 fully saturated rings. The number of hydrogen-bond acceptors (Lipinski definition) is 3. The molecule has 3 nitrogen and oxygen atoms in total. The molecule has 2 aromatic carbocycles. The highest BCUT2D eigenvalue weighted by molar-refractivity contribution is 5.90. The van der Waals surface area contributed by atoms with Gasteiger partial charge >= 0.3 is 5.97 Å². The van der Waals surface area contributed by atoms with E-state index in [2.05, 4.69) is 12.1 Å². The van der Waals surface area contributed by atoms with Crippen LogP contribution >= 0.6 is 0 Å². The first-order valence-corrected chi connectivity index (χ1v) is 7.68. The summed E-state index contributed by atoms with van der Waals surface area (Å²) in [5, 5.41) is 9.78. The topological polar surface area (TPSA) is 46.5 Å². The summed E-state index contributed by atoms with van der Waals surface area (Å²) in [5.74, 6) is 0.0459. The molecule has 1 spiro atoms. The molecule has 22 heavy (non-hydrogen) atoms. The third-order valence-electron chi connectivity index (χ3n) is 5.06. The first kappa shape index (κ1) is 13.4. The van der Waals surface area contributed by atoms with Gasteiger partial charge in [-0.05, 0) is 72.2 Å². The van der Waals surface area contributed by atoms with Crippen LogP contribution in [-0.4, -0.2) is 18.2 Å². The van der Waals surface area contributed by atoms with Gasteiger partial charge in [0.05, 0.1) is 12.7 Å². The van der Waals surface area contributed by atoms with Gasteiger partial charge in [0.2, 0.25) is 0 Å². The lowest BCUT2D eigenvalue weighted by Crippen LogP contribution is -2.13. The molecule has 1 saturated carbocycles. The SMILES string of the molecule is COC(=O)c1ccc2c(c1)C1(CC1)c1ccc(O)cc1CC2. The number of benzene rings is 2. The first-order valence-electron chi connectivity index (χ1n) is 7.68. The molecule has 0 amide bonds. The molecule has 2 aliphatic carbocycles. The number of esters is 1. The number of carbonyl (C=O) groups excluding carboxylic acids is 1. The summed E-state index contributed by atoms with van der Waals surface area (Å²) in [6, 6.07) is 11.6. The Morgan fingerprint density at radius 1 is 1.05 bits per heavy atom. The minimum absolute atomic E-state index is 0.0267. The van der Waals surface area contributed by atoms with Crippen molar-refractivity contribution in [1.29, 1.82) is 0 Å². The molecule has 2 aliphatic rings. The molecule has 0 atom stereocenters. The lowest BCUT2D eigenvalue weighted by molar-refractivity contribution is 0.0600. The predicted molar refractivity (Wildman–Crippen MR) is 83.3 cm³/mol. The Morgan fingerprint density at radius 3 is 2.55 bits per heavy atom. The minimum atomic E-state index is -0.284. The van der Waals surface area contributed by atoms with Crippen molar-refractivity contribution < 1.29 is 14.6 Å². The Kier molecular flexibility index (Phi) is 2.80. The Labute approximate surface area is 129 Å². The number of rotatable bonds is 1. The average molecular weight is 294 g/mol. The monoisotopic (exact) mass is 294 g/mol. The van der Waals surface area contributed by atoms with Crippen molar-refractivity contribution in [3.05, 3.63) is 64.2 Å². The molecule has 3 heteroatoms. The summed E-state index contributed by atoms with van der Waals surface area (Å²) in [6.45, 7) is 0. The number of phenolic OH excluding ortho intramolecular Hbond substituents is 1. The van der Waals surface area contributed by atoms with E-state index in [9.17, 15) is 9.90 Å². The molecule has 0 radical (unpaired) electrons. The number of carbonyl (C=O) groups is 1. The van der Waals surface area contributed by atoms with Gasteiger partial charge in [-0.2, -0.15) is 0 Å². The van der Waals surface area contributed by atoms with Gasteiger partial charge < -0.3 is 9.84 Å². The zero-order chi connectivity index (χ0) is 15.3. The number of aryl methyl sites for hydroxylation is 2. The van der Waals surface area contributed by atoms with Crippen LogP contribution in [0.15, 0.2) is 36.4 Å². The Balaban J connectivity index is 1.90. The molecule has 0 bridgehead atoms. The van der Waals surface area contributed by atoms with Crippen LogP contribution in [-0.2, 0) is 23.0 Å². The molecule has 0 saturated heterocycles. The van der Waals surface area contributed by atoms with Gasteiger partial charge in [-0.3, -0.25) is 0 Å². The van der Waals surface area contributed by atoms with Gasteiger partial charge in [-0.1, -0.05) is 12.1 Å². The van der Waals surface area contributed by atoms with Crippen molar-refractivity contribution in [1.82, 2.24) is 0 Å². The van der Waals surface area contributed by atoms with E-state index in [1.165, 1.54) is 29.4 Å². The van der Waals surface area contributed by atoms with Crippen molar-refractivity contribution >= 4 is 5.97 Å². The van der Waals surface area contributed by atoms with Crippen molar-refractivity contribution in [2.75, 3.05) is 7.11 Å². The van der Waals surface area contributed by atoms with Crippen molar-refractivity contribution in [3.63, 3.8) is 0 Å². The molecular weight excluding hydrogens is 276 g/mol. The molecule has 4 rings (SSSR count). The van der Waals surface area contributed by atoms with Crippen LogP contribution in [0.25, 0.3) is 0 Å². The van der Waals surface area contributed by atoms with Gasteiger partial charge in [-0.25, -0.2) is 4.79 Å². The highest BCUT2D eigenvalue weighted by Gasteiger charge is 2.49. The maximum absolute atomic E-state index is 11.9. The van der Waals surface area contributed by atoms with Crippen LogP contribution in [0.2, 0.25) is 0 Å². The van der Waals surface area contributed by atoms with E-state index in [-0.39, 0.29) is 11.4 Å². The summed E-state index contributed by atoms with van der Waals surface area (Å²) in [4.78, 5) is 11.9. The molecule has 1 N–H and O–H groups in total. The normalized spacial score (nSPS) is 17.3. The van der Waals surface area contributed by atoms with E-state index in [0.717, 1.165) is 25.7 Å². The average Bonchev–Trinajstić information content (AvgIpc) is 3.34. The second-order valence-electron chi connectivity index (χ2n) is 6.29. The standard InChI is InChI=1S/C19H18O3/c1-22-18(21)14-5-3-12-2-4-13-10-15(20)6-7-16(13)19(8-9-19)17(12)11-14/h3,5-7,10-11,20H,2,4,8-9H2,1H3. The van der Waals surface area contributed by atoms with Crippen LogP contribution < -0.4 is 0 Å². The summed E-state index contributed by atoms with van der Waals surface area (Å²) in [5.41, 5.74) is 5.76. The van der Waals surface area contributed by atoms with Crippen molar-refractivity contribution in [2.45, 2.75) is 31.1 Å². The summed E-state index contributed by atoms with van der Waals surface area (Å²) >= 11 is 0. The zero-order valence-corrected chi connectivity index (χ0v) is 12.6. The van der Waals surface area contributed by atoms with Crippen LogP contribution in [0.3, 0.4) is 0 Å². The molecule has 0 aliphatic heterocycles. The van der Waals surface area contributed by atoms with Gasteiger partial charge in [0, 0.05) is 5.41 Å². The van der Waals surface area contributed by atoms with Gasteiger partial charge in [0.25, 0.3) is 0 Å². The van der Waals surface area contributed by atoms with Gasteiger partial charge in [0.15, 0.2) is 0 Å². The van der Waals surface area contributed by atoms with Crippen molar-refractivity contribution in [3.8, 4) is 5.75 Å². The highest BCUT2D eigenvalue weighted by Crippen LogP contribution is 2.57. The molecule has 0 unspecified atom stereocenters. The van der Waals surface area contributed by atoms with Crippen LogP contribution in [0.5, 0.6) is 5.75 Å². The third-order valence-corrected chi connectivity index (χ3v) is 5.06. The lowest BCUT2D eigenvalue weighted by atomic mass is 9.84. The zero-order valence-electron chi connectivity index (χ0n) is 12.6.